The molecule has 1 unspecified atom stereocenters. The van der Waals surface area contributed by atoms with Crippen molar-refractivity contribution in [3.05, 3.63) is 18.2 Å². The van der Waals surface area contributed by atoms with Gasteiger partial charge in [0.1, 0.15) is 5.75 Å². The van der Waals surface area contributed by atoms with E-state index in [1.54, 1.807) is 0 Å². The van der Waals surface area contributed by atoms with E-state index in [0.29, 0.717) is 6.04 Å². The summed E-state index contributed by atoms with van der Waals surface area (Å²) < 4.78 is 5.32. The highest BCUT2D eigenvalue weighted by Crippen LogP contribution is 2.35. The van der Waals surface area contributed by atoms with E-state index in [4.69, 9.17) is 4.74 Å². The van der Waals surface area contributed by atoms with Crippen LogP contribution in [0.2, 0.25) is 0 Å². The van der Waals surface area contributed by atoms with Crippen LogP contribution in [0.15, 0.2) is 18.2 Å². The molecule has 1 aromatic carbocycles. The maximum absolute atomic E-state index is 11.2. The first-order valence-electron chi connectivity index (χ1n) is 6.05. The van der Waals surface area contributed by atoms with Crippen molar-refractivity contribution in [3.8, 4) is 5.75 Å². The molecule has 17 heavy (non-hydrogen) atoms. The first-order chi connectivity index (χ1) is 8.22. The van der Waals surface area contributed by atoms with Gasteiger partial charge in [-0.15, -0.1) is 0 Å². The number of hydrogen-bond donors (Lipinski definition) is 2. The van der Waals surface area contributed by atoms with Gasteiger partial charge < -0.3 is 15.4 Å². The van der Waals surface area contributed by atoms with E-state index >= 15 is 0 Å². The van der Waals surface area contributed by atoms with Gasteiger partial charge in [0.05, 0.1) is 5.69 Å². The minimum absolute atomic E-state index is 0.0927. The van der Waals surface area contributed by atoms with Crippen molar-refractivity contribution >= 4 is 17.3 Å². The second-order valence-electron chi connectivity index (χ2n) is 4.82. The lowest BCUT2D eigenvalue weighted by atomic mass is 10.2. The summed E-state index contributed by atoms with van der Waals surface area (Å²) in [7, 11) is 0. The number of fused-ring (bicyclic) bond motifs is 1. The van der Waals surface area contributed by atoms with Crippen LogP contribution in [0.5, 0.6) is 5.75 Å². The predicted octanol–water partition coefficient (Wildman–Crippen LogP) is 2.23. The molecule has 0 saturated heterocycles. The summed E-state index contributed by atoms with van der Waals surface area (Å²) in [5.41, 5.74) is 1.79. The van der Waals surface area contributed by atoms with Crippen LogP contribution in [0.4, 0.5) is 11.4 Å². The zero-order valence-electron chi connectivity index (χ0n) is 9.82. The van der Waals surface area contributed by atoms with Crippen molar-refractivity contribution in [2.24, 2.45) is 5.92 Å². The number of ether oxygens (including phenoxy) is 1. The van der Waals surface area contributed by atoms with Crippen LogP contribution in [-0.4, -0.2) is 18.6 Å². The molecule has 2 N–H and O–H groups in total. The van der Waals surface area contributed by atoms with Gasteiger partial charge in [0.15, 0.2) is 6.61 Å². The average molecular weight is 232 g/mol. The van der Waals surface area contributed by atoms with Crippen LogP contribution in [0.3, 0.4) is 0 Å². The molecule has 4 nitrogen and oxygen atoms in total. The SMILES string of the molecule is CC(Nc1ccc2c(c1)NC(=O)CO2)C1CC1. The topological polar surface area (TPSA) is 50.4 Å². The number of carbonyl (C=O) groups is 1. The monoisotopic (exact) mass is 232 g/mol. The first kappa shape index (κ1) is 10.4. The van der Waals surface area contributed by atoms with E-state index in [-0.39, 0.29) is 12.5 Å². The lowest BCUT2D eigenvalue weighted by Gasteiger charge is -2.20. The Kier molecular flexibility index (Phi) is 2.42. The molecule has 1 aliphatic carbocycles. The van der Waals surface area contributed by atoms with Crippen LogP contribution in [0.25, 0.3) is 0 Å². The predicted molar refractivity (Wildman–Crippen MR) is 66.4 cm³/mol. The Balaban J connectivity index is 1.77. The van der Waals surface area contributed by atoms with Crippen molar-refractivity contribution < 1.29 is 9.53 Å². The van der Waals surface area contributed by atoms with Crippen LogP contribution >= 0.6 is 0 Å². The fourth-order valence-corrected chi connectivity index (χ4v) is 2.15. The van der Waals surface area contributed by atoms with Gasteiger partial charge in [-0.1, -0.05) is 0 Å². The number of nitrogens with one attached hydrogen (secondary N) is 2. The molecule has 0 aromatic heterocycles. The molecule has 1 amide bonds. The van der Waals surface area contributed by atoms with Crippen molar-refractivity contribution in [1.29, 1.82) is 0 Å². The van der Waals surface area contributed by atoms with Crippen LogP contribution in [0, 0.1) is 5.92 Å². The number of anilines is 2. The van der Waals surface area contributed by atoms with Gasteiger partial charge in [0.2, 0.25) is 0 Å². The lowest BCUT2D eigenvalue weighted by Crippen LogP contribution is -2.25. The first-order valence-corrected chi connectivity index (χ1v) is 6.05. The maximum Gasteiger partial charge on any atom is 0.262 e. The Labute approximate surface area is 100 Å². The molecular weight excluding hydrogens is 216 g/mol. The van der Waals surface area contributed by atoms with Crippen LogP contribution in [0.1, 0.15) is 19.8 Å². The minimum Gasteiger partial charge on any atom is -0.482 e. The number of carbonyl (C=O) groups excluding carboxylic acids is 1. The van der Waals surface area contributed by atoms with Gasteiger partial charge in [-0.05, 0) is 43.9 Å². The molecule has 1 aliphatic heterocycles. The van der Waals surface area contributed by atoms with Gasteiger partial charge >= 0.3 is 0 Å². The van der Waals surface area contributed by atoms with Crippen LogP contribution < -0.4 is 15.4 Å². The summed E-state index contributed by atoms with van der Waals surface area (Å²) in [5.74, 6) is 1.45. The average Bonchev–Trinajstić information content (AvgIpc) is 3.12. The van der Waals surface area contributed by atoms with E-state index in [0.717, 1.165) is 23.0 Å². The molecule has 0 radical (unpaired) electrons. The fourth-order valence-electron chi connectivity index (χ4n) is 2.15. The number of amides is 1. The number of benzene rings is 1. The molecule has 1 heterocycles. The Morgan fingerprint density at radius 3 is 3.06 bits per heavy atom. The van der Waals surface area contributed by atoms with E-state index in [1.165, 1.54) is 12.8 Å². The third-order valence-corrected chi connectivity index (χ3v) is 3.34. The molecule has 4 heteroatoms. The molecule has 2 aliphatic rings. The molecule has 1 aromatic rings. The highest BCUT2D eigenvalue weighted by atomic mass is 16.5. The van der Waals surface area contributed by atoms with Crippen molar-refractivity contribution in [2.75, 3.05) is 17.2 Å². The molecule has 0 spiro atoms. The largest absolute Gasteiger partial charge is 0.482 e. The minimum atomic E-state index is -0.0927. The summed E-state index contributed by atoms with van der Waals surface area (Å²) >= 11 is 0. The Morgan fingerprint density at radius 2 is 2.29 bits per heavy atom. The Bertz CT molecular complexity index is 455. The van der Waals surface area contributed by atoms with E-state index in [9.17, 15) is 4.79 Å². The molecular formula is C13H16N2O2. The summed E-state index contributed by atoms with van der Waals surface area (Å²) in [6.45, 7) is 2.31. The van der Waals surface area contributed by atoms with Crippen molar-refractivity contribution in [2.45, 2.75) is 25.8 Å². The molecule has 1 atom stereocenters. The third-order valence-electron chi connectivity index (χ3n) is 3.34. The number of rotatable bonds is 3. The summed E-state index contributed by atoms with van der Waals surface area (Å²) in [4.78, 5) is 11.2. The fraction of sp³-hybridized carbons (Fsp3) is 0.462. The zero-order valence-corrected chi connectivity index (χ0v) is 9.82. The van der Waals surface area contributed by atoms with E-state index in [1.807, 2.05) is 18.2 Å². The standard InChI is InChI=1S/C13H16N2O2/c1-8(9-2-3-9)14-10-4-5-12-11(6-10)15-13(16)7-17-12/h4-6,8-9,14H,2-3,7H2,1H3,(H,15,16). The van der Waals surface area contributed by atoms with Crippen molar-refractivity contribution in [1.82, 2.24) is 0 Å². The zero-order chi connectivity index (χ0) is 11.8. The third kappa shape index (κ3) is 2.20. The molecule has 1 fully saturated rings. The highest BCUT2D eigenvalue weighted by molar-refractivity contribution is 5.96. The van der Waals surface area contributed by atoms with Crippen molar-refractivity contribution in [3.63, 3.8) is 0 Å². The van der Waals surface area contributed by atoms with Gasteiger partial charge in [0, 0.05) is 11.7 Å². The van der Waals surface area contributed by atoms with Gasteiger partial charge in [0.25, 0.3) is 5.91 Å². The van der Waals surface area contributed by atoms with Gasteiger partial charge in [-0.2, -0.15) is 0 Å². The van der Waals surface area contributed by atoms with Gasteiger partial charge in [-0.25, -0.2) is 0 Å². The Hall–Kier alpha value is -1.71. The van der Waals surface area contributed by atoms with Crippen LogP contribution in [-0.2, 0) is 4.79 Å². The molecule has 90 valence electrons. The van der Waals surface area contributed by atoms with E-state index < -0.39 is 0 Å². The summed E-state index contributed by atoms with van der Waals surface area (Å²) in [5, 5.41) is 6.28. The molecule has 1 saturated carbocycles. The second-order valence-corrected chi connectivity index (χ2v) is 4.82. The summed E-state index contributed by atoms with van der Waals surface area (Å²) in [6.07, 6.45) is 2.64. The maximum atomic E-state index is 11.2. The number of hydrogen-bond acceptors (Lipinski definition) is 3. The Morgan fingerprint density at radius 1 is 1.47 bits per heavy atom. The van der Waals surface area contributed by atoms with E-state index in [2.05, 4.69) is 17.6 Å². The molecule has 0 bridgehead atoms. The van der Waals surface area contributed by atoms with Gasteiger partial charge in [-0.3, -0.25) is 4.79 Å². The summed E-state index contributed by atoms with van der Waals surface area (Å²) in [6, 6.07) is 6.32. The highest BCUT2D eigenvalue weighted by Gasteiger charge is 2.28. The molecule has 3 rings (SSSR count). The quantitative estimate of drug-likeness (QED) is 0.840. The smallest absolute Gasteiger partial charge is 0.262 e. The lowest BCUT2D eigenvalue weighted by molar-refractivity contribution is -0.118. The normalized spacial score (nSPS) is 19.9. The second kappa shape index (κ2) is 3.95.